The molecule has 0 saturated carbocycles. The Morgan fingerprint density at radius 3 is 2.17 bits per heavy atom. The van der Waals surface area contributed by atoms with Gasteiger partial charge in [0.15, 0.2) is 0 Å². The molecule has 2 heteroatoms. The topological polar surface area (TPSA) is 26.3 Å². The number of esters is 1. The molecule has 0 fully saturated rings. The lowest BCUT2D eigenvalue weighted by Crippen LogP contribution is -2.10. The van der Waals surface area contributed by atoms with Crippen molar-refractivity contribution in [2.75, 3.05) is 6.61 Å². The molecule has 0 aromatic heterocycles. The lowest BCUT2D eigenvalue weighted by Gasteiger charge is -2.19. The molecule has 0 aliphatic heterocycles. The van der Waals surface area contributed by atoms with Crippen LogP contribution in [0.5, 0.6) is 0 Å². The van der Waals surface area contributed by atoms with Crippen molar-refractivity contribution in [3.05, 3.63) is 77.4 Å². The van der Waals surface area contributed by atoms with Gasteiger partial charge in [0.2, 0.25) is 0 Å². The fourth-order valence-electron chi connectivity index (χ4n) is 2.56. The van der Waals surface area contributed by atoms with E-state index in [2.05, 4.69) is 57.2 Å². The highest BCUT2D eigenvalue weighted by Gasteiger charge is 2.14. The molecule has 2 aromatic carbocycles. The predicted molar refractivity (Wildman–Crippen MR) is 99.9 cm³/mol. The van der Waals surface area contributed by atoms with Crippen LogP contribution in [-0.4, -0.2) is 12.6 Å². The second kappa shape index (κ2) is 7.96. The summed E-state index contributed by atoms with van der Waals surface area (Å²) in [7, 11) is 0. The van der Waals surface area contributed by atoms with Gasteiger partial charge in [-0.25, -0.2) is 4.79 Å². The molecule has 0 bridgehead atoms. The standard InChI is InChI=1S/C22H26O2/c1-5-24-21(23)16-19(15-17-9-7-6-8-10-17)18-11-13-20(14-12-18)22(2,3)4/h6-14,16H,5,15H2,1-4H3. The fourth-order valence-corrected chi connectivity index (χ4v) is 2.56. The summed E-state index contributed by atoms with van der Waals surface area (Å²) in [5, 5.41) is 0. The third-order valence-electron chi connectivity index (χ3n) is 3.94. The number of benzene rings is 2. The summed E-state index contributed by atoms with van der Waals surface area (Å²) < 4.78 is 5.09. The summed E-state index contributed by atoms with van der Waals surface area (Å²) in [5.41, 5.74) is 4.59. The SMILES string of the molecule is CCOC(=O)C=C(Cc1ccccc1)c1ccc(C(C)(C)C)cc1. The van der Waals surface area contributed by atoms with Crippen molar-refractivity contribution in [3.63, 3.8) is 0 Å². The van der Waals surface area contributed by atoms with E-state index in [0.29, 0.717) is 13.0 Å². The molecule has 0 unspecified atom stereocenters. The van der Waals surface area contributed by atoms with Crippen molar-refractivity contribution >= 4 is 11.5 Å². The smallest absolute Gasteiger partial charge is 0.331 e. The van der Waals surface area contributed by atoms with Crippen molar-refractivity contribution in [1.82, 2.24) is 0 Å². The Balaban J connectivity index is 2.33. The monoisotopic (exact) mass is 322 g/mol. The van der Waals surface area contributed by atoms with Crippen LogP contribution in [0.25, 0.3) is 5.57 Å². The third kappa shape index (κ3) is 5.09. The average Bonchev–Trinajstić information content (AvgIpc) is 2.55. The number of carbonyl (C=O) groups is 1. The van der Waals surface area contributed by atoms with Gasteiger partial charge in [-0.3, -0.25) is 0 Å². The third-order valence-corrected chi connectivity index (χ3v) is 3.94. The van der Waals surface area contributed by atoms with E-state index in [9.17, 15) is 4.79 Å². The van der Waals surface area contributed by atoms with Crippen molar-refractivity contribution in [2.24, 2.45) is 0 Å². The second-order valence-electron chi connectivity index (χ2n) is 6.91. The van der Waals surface area contributed by atoms with Crippen LogP contribution in [0.3, 0.4) is 0 Å². The van der Waals surface area contributed by atoms with Crippen LogP contribution < -0.4 is 0 Å². The van der Waals surface area contributed by atoms with E-state index in [-0.39, 0.29) is 11.4 Å². The number of carbonyl (C=O) groups excluding carboxylic acids is 1. The zero-order chi connectivity index (χ0) is 17.6. The molecule has 24 heavy (non-hydrogen) atoms. The van der Waals surface area contributed by atoms with Gasteiger partial charge in [-0.05, 0) is 41.0 Å². The summed E-state index contributed by atoms with van der Waals surface area (Å²) in [4.78, 5) is 11.9. The molecular formula is C22H26O2. The lowest BCUT2D eigenvalue weighted by atomic mass is 9.86. The molecule has 0 amide bonds. The Kier molecular flexibility index (Phi) is 5.97. The van der Waals surface area contributed by atoms with Crippen molar-refractivity contribution in [3.8, 4) is 0 Å². The maximum absolute atomic E-state index is 11.9. The molecule has 0 radical (unpaired) electrons. The highest BCUT2D eigenvalue weighted by Crippen LogP contribution is 2.26. The van der Waals surface area contributed by atoms with E-state index in [4.69, 9.17) is 4.74 Å². The Morgan fingerprint density at radius 1 is 1.00 bits per heavy atom. The highest BCUT2D eigenvalue weighted by atomic mass is 16.5. The van der Waals surface area contributed by atoms with Gasteiger partial charge in [-0.2, -0.15) is 0 Å². The van der Waals surface area contributed by atoms with Crippen molar-refractivity contribution in [1.29, 1.82) is 0 Å². The van der Waals surface area contributed by atoms with Gasteiger partial charge < -0.3 is 4.74 Å². The Labute approximate surface area is 145 Å². The zero-order valence-corrected chi connectivity index (χ0v) is 15.0. The fraction of sp³-hybridized carbons (Fsp3) is 0.318. The van der Waals surface area contributed by atoms with Crippen LogP contribution in [-0.2, 0) is 21.4 Å². The molecule has 126 valence electrons. The van der Waals surface area contributed by atoms with E-state index in [1.54, 1.807) is 6.08 Å². The summed E-state index contributed by atoms with van der Waals surface area (Å²) in [6.45, 7) is 8.79. The van der Waals surface area contributed by atoms with E-state index < -0.39 is 0 Å². The maximum Gasteiger partial charge on any atom is 0.331 e. The zero-order valence-electron chi connectivity index (χ0n) is 15.0. The second-order valence-corrected chi connectivity index (χ2v) is 6.91. The van der Waals surface area contributed by atoms with Gasteiger partial charge in [-0.15, -0.1) is 0 Å². The first kappa shape index (κ1) is 18.0. The number of allylic oxidation sites excluding steroid dienone is 1. The molecule has 2 nitrogen and oxygen atoms in total. The van der Waals surface area contributed by atoms with Crippen LogP contribution in [0, 0.1) is 0 Å². The van der Waals surface area contributed by atoms with Crippen LogP contribution in [0.2, 0.25) is 0 Å². The van der Waals surface area contributed by atoms with Gasteiger partial charge in [-0.1, -0.05) is 75.4 Å². The maximum atomic E-state index is 11.9. The number of hydrogen-bond donors (Lipinski definition) is 0. The Hall–Kier alpha value is -2.35. The minimum atomic E-state index is -0.289. The van der Waals surface area contributed by atoms with Crippen LogP contribution in [0.15, 0.2) is 60.7 Å². The van der Waals surface area contributed by atoms with Gasteiger partial charge in [0.1, 0.15) is 0 Å². The van der Waals surface area contributed by atoms with E-state index in [1.807, 2.05) is 25.1 Å². The Bertz CT molecular complexity index is 689. The molecule has 0 atom stereocenters. The van der Waals surface area contributed by atoms with E-state index in [0.717, 1.165) is 11.1 Å². The van der Waals surface area contributed by atoms with Gasteiger partial charge in [0.05, 0.1) is 6.61 Å². The normalized spacial score (nSPS) is 12.1. The average molecular weight is 322 g/mol. The molecular weight excluding hydrogens is 296 g/mol. The molecule has 0 N–H and O–H groups in total. The van der Waals surface area contributed by atoms with Crippen LogP contribution in [0.4, 0.5) is 0 Å². The predicted octanol–water partition coefficient (Wildman–Crippen LogP) is 5.17. The molecule has 2 aromatic rings. The Morgan fingerprint density at radius 2 is 1.62 bits per heavy atom. The molecule has 2 rings (SSSR count). The minimum Gasteiger partial charge on any atom is -0.463 e. The first-order valence-electron chi connectivity index (χ1n) is 8.42. The largest absolute Gasteiger partial charge is 0.463 e. The molecule has 0 heterocycles. The number of ether oxygens (including phenoxy) is 1. The van der Waals surface area contributed by atoms with Gasteiger partial charge >= 0.3 is 5.97 Å². The summed E-state index contributed by atoms with van der Waals surface area (Å²) in [6, 6.07) is 18.6. The molecule has 0 saturated heterocycles. The van der Waals surface area contributed by atoms with Crippen molar-refractivity contribution in [2.45, 2.75) is 39.5 Å². The first-order valence-corrected chi connectivity index (χ1v) is 8.42. The quantitative estimate of drug-likeness (QED) is 0.560. The van der Waals surface area contributed by atoms with Gasteiger partial charge in [0, 0.05) is 6.08 Å². The minimum absolute atomic E-state index is 0.114. The van der Waals surface area contributed by atoms with Crippen LogP contribution >= 0.6 is 0 Å². The summed E-state index contributed by atoms with van der Waals surface area (Å²) >= 11 is 0. The van der Waals surface area contributed by atoms with E-state index in [1.165, 1.54) is 11.1 Å². The van der Waals surface area contributed by atoms with Gasteiger partial charge in [0.25, 0.3) is 0 Å². The molecule has 0 aliphatic rings. The van der Waals surface area contributed by atoms with Crippen LogP contribution in [0.1, 0.15) is 44.4 Å². The lowest BCUT2D eigenvalue weighted by molar-refractivity contribution is -0.137. The molecule has 0 spiro atoms. The first-order chi connectivity index (χ1) is 11.4. The molecule has 0 aliphatic carbocycles. The number of rotatable bonds is 5. The summed E-state index contributed by atoms with van der Waals surface area (Å²) in [6.07, 6.45) is 2.32. The van der Waals surface area contributed by atoms with E-state index >= 15 is 0 Å². The summed E-state index contributed by atoms with van der Waals surface area (Å²) in [5.74, 6) is -0.289. The van der Waals surface area contributed by atoms with Crippen molar-refractivity contribution < 1.29 is 9.53 Å². The highest BCUT2D eigenvalue weighted by molar-refractivity contribution is 5.91. The number of hydrogen-bond acceptors (Lipinski definition) is 2.